The van der Waals surface area contributed by atoms with Crippen molar-refractivity contribution in [2.75, 3.05) is 12.4 Å². The van der Waals surface area contributed by atoms with Crippen LogP contribution in [0.1, 0.15) is 21.7 Å². The van der Waals surface area contributed by atoms with Crippen LogP contribution in [-0.2, 0) is 6.18 Å². The van der Waals surface area contributed by atoms with Gasteiger partial charge in [-0.25, -0.2) is 0 Å². The van der Waals surface area contributed by atoms with E-state index in [0.717, 1.165) is 12.1 Å². The van der Waals surface area contributed by atoms with Crippen LogP contribution in [0.2, 0.25) is 0 Å². The first kappa shape index (κ1) is 18.4. The molecular formula is C17H14F3N5O2. The minimum absolute atomic E-state index is 0.266. The van der Waals surface area contributed by atoms with Gasteiger partial charge in [-0.2, -0.15) is 17.9 Å². The zero-order chi connectivity index (χ0) is 19.6. The minimum Gasteiger partial charge on any atom is -0.494 e. The molecule has 0 saturated carbocycles. The number of nitrogens with one attached hydrogen (secondary N) is 1. The van der Waals surface area contributed by atoms with Gasteiger partial charge in [-0.05, 0) is 47.7 Å². The summed E-state index contributed by atoms with van der Waals surface area (Å²) in [6, 6.07) is 9.15. The summed E-state index contributed by atoms with van der Waals surface area (Å²) < 4.78 is 46.0. The maximum Gasteiger partial charge on any atom is 0.417 e. The minimum atomic E-state index is -4.64. The van der Waals surface area contributed by atoms with E-state index in [-0.39, 0.29) is 5.69 Å². The van der Waals surface area contributed by atoms with E-state index in [1.165, 1.54) is 36.1 Å². The predicted molar refractivity (Wildman–Crippen MR) is 89.8 cm³/mol. The van der Waals surface area contributed by atoms with E-state index >= 15 is 0 Å². The monoisotopic (exact) mass is 377 g/mol. The predicted octanol–water partition coefficient (Wildman–Crippen LogP) is 3.25. The largest absolute Gasteiger partial charge is 0.494 e. The smallest absolute Gasteiger partial charge is 0.417 e. The van der Waals surface area contributed by atoms with Crippen LogP contribution in [0, 0.1) is 6.92 Å². The highest BCUT2D eigenvalue weighted by atomic mass is 19.4. The van der Waals surface area contributed by atoms with Crippen LogP contribution in [-0.4, -0.2) is 33.2 Å². The number of benzene rings is 2. The number of hydrogen-bond donors (Lipinski definition) is 1. The Morgan fingerprint density at radius 1 is 1.19 bits per heavy atom. The van der Waals surface area contributed by atoms with Crippen molar-refractivity contribution in [3.8, 4) is 11.4 Å². The highest BCUT2D eigenvalue weighted by Gasteiger charge is 2.34. The highest BCUT2D eigenvalue weighted by molar-refractivity contribution is 6.05. The Morgan fingerprint density at radius 2 is 1.93 bits per heavy atom. The van der Waals surface area contributed by atoms with E-state index in [9.17, 15) is 18.0 Å². The van der Waals surface area contributed by atoms with Gasteiger partial charge in [0, 0.05) is 5.69 Å². The number of nitrogens with zero attached hydrogens (tertiary/aromatic N) is 4. The number of anilines is 1. The quantitative estimate of drug-likeness (QED) is 0.755. The molecule has 0 aliphatic heterocycles. The summed E-state index contributed by atoms with van der Waals surface area (Å²) in [6.45, 7) is 1.67. The lowest BCUT2D eigenvalue weighted by molar-refractivity contribution is -0.137. The van der Waals surface area contributed by atoms with Crippen LogP contribution in [0.5, 0.6) is 5.75 Å². The summed E-state index contributed by atoms with van der Waals surface area (Å²) in [4.78, 5) is 12.4. The Kier molecular flexibility index (Phi) is 4.80. The van der Waals surface area contributed by atoms with Crippen LogP contribution in [0.15, 0.2) is 42.5 Å². The fraction of sp³-hybridized carbons (Fsp3) is 0.176. The first-order valence-corrected chi connectivity index (χ1v) is 7.72. The fourth-order valence-corrected chi connectivity index (χ4v) is 2.51. The zero-order valence-electron chi connectivity index (χ0n) is 14.3. The van der Waals surface area contributed by atoms with Crippen molar-refractivity contribution >= 4 is 11.6 Å². The van der Waals surface area contributed by atoms with E-state index in [1.807, 2.05) is 0 Å². The van der Waals surface area contributed by atoms with Gasteiger partial charge in [-0.3, -0.25) is 4.79 Å². The summed E-state index contributed by atoms with van der Waals surface area (Å²) in [6.07, 6.45) is -4.64. The average molecular weight is 377 g/mol. The molecule has 1 heterocycles. The first-order valence-electron chi connectivity index (χ1n) is 7.72. The van der Waals surface area contributed by atoms with Crippen molar-refractivity contribution in [2.24, 2.45) is 0 Å². The van der Waals surface area contributed by atoms with Gasteiger partial charge in [0.1, 0.15) is 11.4 Å². The SMILES string of the molecule is COc1ccc(NC(=O)c2ccccc2C(F)(F)F)cc1-n1nnnc1C. The van der Waals surface area contributed by atoms with Crippen LogP contribution < -0.4 is 10.1 Å². The van der Waals surface area contributed by atoms with Crippen LogP contribution in [0.25, 0.3) is 5.69 Å². The molecule has 2 aromatic carbocycles. The average Bonchev–Trinajstić information content (AvgIpc) is 3.06. The van der Waals surface area contributed by atoms with Gasteiger partial charge in [0.15, 0.2) is 5.82 Å². The molecule has 0 spiro atoms. The molecule has 3 rings (SSSR count). The zero-order valence-corrected chi connectivity index (χ0v) is 14.3. The van der Waals surface area contributed by atoms with Crippen molar-refractivity contribution in [3.63, 3.8) is 0 Å². The van der Waals surface area contributed by atoms with Gasteiger partial charge < -0.3 is 10.1 Å². The van der Waals surface area contributed by atoms with Crippen molar-refractivity contribution in [3.05, 3.63) is 59.4 Å². The van der Waals surface area contributed by atoms with Crippen molar-refractivity contribution in [1.82, 2.24) is 20.2 Å². The molecule has 0 aliphatic carbocycles. The molecular weight excluding hydrogens is 363 g/mol. The molecule has 0 bridgehead atoms. The number of amides is 1. The summed E-state index contributed by atoms with van der Waals surface area (Å²) in [5, 5.41) is 13.6. The van der Waals surface area contributed by atoms with E-state index in [1.54, 1.807) is 13.0 Å². The molecule has 0 radical (unpaired) electrons. The third-order valence-electron chi connectivity index (χ3n) is 3.77. The van der Waals surface area contributed by atoms with Gasteiger partial charge >= 0.3 is 6.18 Å². The van der Waals surface area contributed by atoms with Gasteiger partial charge in [-0.1, -0.05) is 12.1 Å². The molecule has 0 unspecified atom stereocenters. The summed E-state index contributed by atoms with van der Waals surface area (Å²) in [5.74, 6) is 0.0192. The van der Waals surface area contributed by atoms with Gasteiger partial charge in [0.2, 0.25) is 0 Å². The highest BCUT2D eigenvalue weighted by Crippen LogP contribution is 2.32. The van der Waals surface area contributed by atoms with E-state index in [0.29, 0.717) is 17.3 Å². The lowest BCUT2D eigenvalue weighted by Gasteiger charge is -2.14. The van der Waals surface area contributed by atoms with Gasteiger partial charge in [0.25, 0.3) is 5.91 Å². The molecule has 1 aromatic heterocycles. The molecule has 27 heavy (non-hydrogen) atoms. The maximum atomic E-state index is 13.1. The number of rotatable bonds is 4. The lowest BCUT2D eigenvalue weighted by atomic mass is 10.1. The standard InChI is InChI=1S/C17H14F3N5O2/c1-10-22-23-24-25(10)14-9-11(7-8-15(14)27-2)21-16(26)12-5-3-4-6-13(12)17(18,19)20/h3-9H,1-2H3,(H,21,26). The second kappa shape index (κ2) is 7.06. The second-order valence-corrected chi connectivity index (χ2v) is 5.52. The molecule has 3 aromatic rings. The molecule has 140 valence electrons. The molecule has 1 N–H and O–H groups in total. The number of ether oxygens (including phenoxy) is 1. The number of tetrazole rings is 1. The van der Waals surface area contributed by atoms with Gasteiger partial charge in [0.05, 0.1) is 18.2 Å². The Hall–Kier alpha value is -3.43. The van der Waals surface area contributed by atoms with Crippen LogP contribution in [0.3, 0.4) is 0 Å². The Labute approximate surface area is 151 Å². The summed E-state index contributed by atoms with van der Waals surface area (Å²) >= 11 is 0. The maximum absolute atomic E-state index is 13.1. The molecule has 0 saturated heterocycles. The molecule has 10 heteroatoms. The summed E-state index contributed by atoms with van der Waals surface area (Å²) in [5.41, 5.74) is -0.780. The number of alkyl halides is 3. The summed E-state index contributed by atoms with van der Waals surface area (Å²) in [7, 11) is 1.45. The second-order valence-electron chi connectivity index (χ2n) is 5.52. The fourth-order valence-electron chi connectivity index (χ4n) is 2.51. The molecule has 1 amide bonds. The molecule has 0 atom stereocenters. The molecule has 0 fully saturated rings. The topological polar surface area (TPSA) is 81.9 Å². The van der Waals surface area contributed by atoms with E-state index in [4.69, 9.17) is 4.74 Å². The van der Waals surface area contributed by atoms with Crippen LogP contribution in [0.4, 0.5) is 18.9 Å². The number of hydrogen-bond acceptors (Lipinski definition) is 5. The third kappa shape index (κ3) is 3.73. The van der Waals surface area contributed by atoms with E-state index in [2.05, 4.69) is 20.8 Å². The Bertz CT molecular complexity index is 985. The third-order valence-corrected chi connectivity index (χ3v) is 3.77. The first-order chi connectivity index (χ1) is 12.8. The number of methoxy groups -OCH3 is 1. The number of aromatic nitrogens is 4. The Balaban J connectivity index is 1.96. The van der Waals surface area contributed by atoms with E-state index < -0.39 is 23.2 Å². The van der Waals surface area contributed by atoms with Crippen LogP contribution >= 0.6 is 0 Å². The number of halogens is 3. The van der Waals surface area contributed by atoms with Crippen molar-refractivity contribution in [2.45, 2.75) is 13.1 Å². The molecule has 7 nitrogen and oxygen atoms in total. The number of carbonyl (C=O) groups is 1. The van der Waals surface area contributed by atoms with Crippen molar-refractivity contribution < 1.29 is 22.7 Å². The number of aryl methyl sites for hydroxylation is 1. The van der Waals surface area contributed by atoms with Gasteiger partial charge in [-0.15, -0.1) is 5.10 Å². The number of carbonyl (C=O) groups excluding carboxylic acids is 1. The lowest BCUT2D eigenvalue weighted by Crippen LogP contribution is -2.18. The Morgan fingerprint density at radius 3 is 2.56 bits per heavy atom. The normalized spacial score (nSPS) is 11.3. The molecule has 0 aliphatic rings. The van der Waals surface area contributed by atoms with Crippen molar-refractivity contribution in [1.29, 1.82) is 0 Å².